The van der Waals surface area contributed by atoms with Gasteiger partial charge in [-0.15, -0.1) is 0 Å². The van der Waals surface area contributed by atoms with Gasteiger partial charge in [0.25, 0.3) is 0 Å². The van der Waals surface area contributed by atoms with E-state index in [2.05, 4.69) is 47.1 Å². The van der Waals surface area contributed by atoms with Gasteiger partial charge in [0.15, 0.2) is 5.96 Å². The number of nitrogens with two attached hydrogens (primary N) is 1. The summed E-state index contributed by atoms with van der Waals surface area (Å²) in [4.78, 5) is 9.61. The summed E-state index contributed by atoms with van der Waals surface area (Å²) in [5, 5.41) is 0. The maximum absolute atomic E-state index is 6.29. The first-order valence-electron chi connectivity index (χ1n) is 9.08. The summed E-state index contributed by atoms with van der Waals surface area (Å²) in [6.07, 6.45) is 5.13. The lowest BCUT2D eigenvalue weighted by Gasteiger charge is -2.32. The summed E-state index contributed by atoms with van der Waals surface area (Å²) in [5.74, 6) is 1.46. The molecule has 2 unspecified atom stereocenters. The van der Waals surface area contributed by atoms with Gasteiger partial charge < -0.3 is 10.6 Å². The molecule has 3 rings (SSSR count). The molecule has 2 heterocycles. The normalized spacial score (nSPS) is 24.8. The quantitative estimate of drug-likeness (QED) is 0.686. The Bertz CT molecular complexity index is 507. The average Bonchev–Trinajstić information content (AvgIpc) is 3.10. The number of nitrogens with zero attached hydrogens (tertiary/aromatic N) is 3. The zero-order chi connectivity index (χ0) is 16.1. The van der Waals surface area contributed by atoms with Gasteiger partial charge in [0.05, 0.1) is 12.6 Å². The fourth-order valence-electron chi connectivity index (χ4n) is 3.84. The van der Waals surface area contributed by atoms with Crippen molar-refractivity contribution in [3.63, 3.8) is 0 Å². The standard InChI is InChI=1S/C19H30N4/c1-16-8-7-13-23(15-16)19(20)21-14-18(22-11-5-6-12-22)17-9-3-2-4-10-17/h2-4,9-10,16,18H,5-8,11-15H2,1H3,(H2,20,21). The summed E-state index contributed by atoms with van der Waals surface area (Å²) in [5.41, 5.74) is 7.65. The highest BCUT2D eigenvalue weighted by molar-refractivity contribution is 5.78. The van der Waals surface area contributed by atoms with Crippen LogP contribution >= 0.6 is 0 Å². The second kappa shape index (κ2) is 7.82. The molecule has 2 fully saturated rings. The van der Waals surface area contributed by atoms with Crippen LogP contribution < -0.4 is 5.73 Å². The molecule has 2 saturated heterocycles. The molecule has 0 saturated carbocycles. The molecule has 0 aliphatic carbocycles. The van der Waals surface area contributed by atoms with Crippen LogP contribution in [0, 0.1) is 5.92 Å². The molecule has 2 aliphatic heterocycles. The van der Waals surface area contributed by atoms with Gasteiger partial charge in [-0.1, -0.05) is 37.3 Å². The Hall–Kier alpha value is -1.55. The van der Waals surface area contributed by atoms with Gasteiger partial charge in [-0.3, -0.25) is 9.89 Å². The van der Waals surface area contributed by atoms with Crippen LogP contribution in [0.2, 0.25) is 0 Å². The van der Waals surface area contributed by atoms with E-state index in [9.17, 15) is 0 Å². The van der Waals surface area contributed by atoms with Gasteiger partial charge in [0.2, 0.25) is 0 Å². The van der Waals surface area contributed by atoms with E-state index in [1.165, 1.54) is 44.3 Å². The fraction of sp³-hybridized carbons (Fsp3) is 0.632. The molecule has 2 N–H and O–H groups in total. The molecule has 0 spiro atoms. The highest BCUT2D eigenvalue weighted by atomic mass is 15.3. The van der Waals surface area contributed by atoms with Crippen molar-refractivity contribution in [3.8, 4) is 0 Å². The van der Waals surface area contributed by atoms with Crippen molar-refractivity contribution < 1.29 is 0 Å². The van der Waals surface area contributed by atoms with Gasteiger partial charge in [0.1, 0.15) is 0 Å². The number of likely N-dealkylation sites (tertiary alicyclic amines) is 2. The Morgan fingerprint density at radius 2 is 1.91 bits per heavy atom. The lowest BCUT2D eigenvalue weighted by molar-refractivity contribution is 0.247. The van der Waals surface area contributed by atoms with Gasteiger partial charge in [-0.05, 0) is 50.3 Å². The van der Waals surface area contributed by atoms with Crippen molar-refractivity contribution in [1.82, 2.24) is 9.80 Å². The maximum atomic E-state index is 6.29. The minimum absolute atomic E-state index is 0.361. The zero-order valence-electron chi connectivity index (χ0n) is 14.3. The molecular weight excluding hydrogens is 284 g/mol. The molecule has 0 bridgehead atoms. The van der Waals surface area contributed by atoms with Crippen LogP contribution in [0.5, 0.6) is 0 Å². The van der Waals surface area contributed by atoms with Crippen molar-refractivity contribution in [2.45, 2.75) is 38.6 Å². The lowest BCUT2D eigenvalue weighted by Crippen LogP contribution is -2.44. The second-order valence-electron chi connectivity index (χ2n) is 7.06. The number of aliphatic imine (C=N–C) groups is 1. The van der Waals surface area contributed by atoms with Crippen LogP contribution in [0.15, 0.2) is 35.3 Å². The van der Waals surface area contributed by atoms with E-state index in [4.69, 9.17) is 10.7 Å². The van der Waals surface area contributed by atoms with Crippen molar-refractivity contribution in [2.75, 3.05) is 32.7 Å². The first-order chi connectivity index (χ1) is 11.2. The summed E-state index contributed by atoms with van der Waals surface area (Å²) in [6, 6.07) is 11.1. The van der Waals surface area contributed by atoms with Gasteiger partial charge >= 0.3 is 0 Å². The molecule has 0 amide bonds. The molecule has 0 radical (unpaired) electrons. The number of hydrogen-bond acceptors (Lipinski definition) is 2. The average molecular weight is 314 g/mol. The van der Waals surface area contributed by atoms with Crippen LogP contribution in [0.3, 0.4) is 0 Å². The van der Waals surface area contributed by atoms with Crippen LogP contribution in [0.4, 0.5) is 0 Å². The Labute approximate surface area is 140 Å². The van der Waals surface area contributed by atoms with E-state index in [0.29, 0.717) is 6.04 Å². The molecule has 2 atom stereocenters. The SMILES string of the molecule is CC1CCCN(C(N)=NCC(c2ccccc2)N2CCCC2)C1. The Kier molecular flexibility index (Phi) is 5.55. The summed E-state index contributed by atoms with van der Waals surface area (Å²) in [7, 11) is 0. The first-order valence-corrected chi connectivity index (χ1v) is 9.08. The van der Waals surface area contributed by atoms with Crippen LogP contribution in [0.25, 0.3) is 0 Å². The smallest absolute Gasteiger partial charge is 0.191 e. The first kappa shape index (κ1) is 16.3. The summed E-state index contributed by atoms with van der Waals surface area (Å²) in [6.45, 7) is 7.52. The molecule has 0 aromatic heterocycles. The molecule has 23 heavy (non-hydrogen) atoms. The molecule has 126 valence electrons. The van der Waals surface area contributed by atoms with E-state index in [1.54, 1.807) is 0 Å². The van der Waals surface area contributed by atoms with E-state index >= 15 is 0 Å². The van der Waals surface area contributed by atoms with Gasteiger partial charge in [-0.2, -0.15) is 0 Å². The number of benzene rings is 1. The van der Waals surface area contributed by atoms with E-state index in [0.717, 1.165) is 31.5 Å². The van der Waals surface area contributed by atoms with Crippen molar-refractivity contribution in [1.29, 1.82) is 0 Å². The minimum Gasteiger partial charge on any atom is -0.370 e. The molecule has 1 aromatic carbocycles. The third kappa shape index (κ3) is 4.25. The van der Waals surface area contributed by atoms with Crippen molar-refractivity contribution in [2.24, 2.45) is 16.6 Å². The maximum Gasteiger partial charge on any atom is 0.191 e. The van der Waals surface area contributed by atoms with E-state index in [1.807, 2.05) is 0 Å². The third-order valence-corrected chi connectivity index (χ3v) is 5.17. The molecule has 2 aliphatic rings. The molecule has 1 aromatic rings. The number of hydrogen-bond donors (Lipinski definition) is 1. The monoisotopic (exact) mass is 314 g/mol. The topological polar surface area (TPSA) is 44.9 Å². The fourth-order valence-corrected chi connectivity index (χ4v) is 3.84. The second-order valence-corrected chi connectivity index (χ2v) is 7.06. The number of guanidine groups is 1. The highest BCUT2D eigenvalue weighted by Crippen LogP contribution is 2.25. The minimum atomic E-state index is 0.361. The molecule has 4 heteroatoms. The van der Waals surface area contributed by atoms with Gasteiger partial charge in [-0.25, -0.2) is 0 Å². The predicted molar refractivity (Wildman–Crippen MR) is 96.5 cm³/mol. The predicted octanol–water partition coefficient (Wildman–Crippen LogP) is 2.87. The molecular formula is C19H30N4. The summed E-state index contributed by atoms with van der Waals surface area (Å²) >= 11 is 0. The van der Waals surface area contributed by atoms with E-state index < -0.39 is 0 Å². The summed E-state index contributed by atoms with van der Waals surface area (Å²) < 4.78 is 0. The number of rotatable bonds is 4. The van der Waals surface area contributed by atoms with Crippen LogP contribution in [0.1, 0.15) is 44.2 Å². The van der Waals surface area contributed by atoms with Crippen molar-refractivity contribution in [3.05, 3.63) is 35.9 Å². The number of piperidine rings is 1. The van der Waals surface area contributed by atoms with E-state index in [-0.39, 0.29) is 0 Å². The van der Waals surface area contributed by atoms with Gasteiger partial charge in [0, 0.05) is 13.1 Å². The lowest BCUT2D eigenvalue weighted by atomic mass is 10.0. The Balaban J connectivity index is 1.69. The largest absolute Gasteiger partial charge is 0.370 e. The Morgan fingerprint density at radius 1 is 1.17 bits per heavy atom. The highest BCUT2D eigenvalue weighted by Gasteiger charge is 2.24. The van der Waals surface area contributed by atoms with Crippen LogP contribution in [-0.2, 0) is 0 Å². The zero-order valence-corrected chi connectivity index (χ0v) is 14.3. The van der Waals surface area contributed by atoms with Crippen molar-refractivity contribution >= 4 is 5.96 Å². The molecule has 4 nitrogen and oxygen atoms in total. The van der Waals surface area contributed by atoms with Crippen LogP contribution in [-0.4, -0.2) is 48.5 Å². The Morgan fingerprint density at radius 3 is 2.61 bits per heavy atom. The third-order valence-electron chi connectivity index (χ3n) is 5.17.